The Balaban J connectivity index is 1.74. The van der Waals surface area contributed by atoms with Crippen molar-refractivity contribution in [2.75, 3.05) is 37.5 Å². The molecular weight excluding hydrogens is 410 g/mol. The van der Waals surface area contributed by atoms with Gasteiger partial charge in [-0.3, -0.25) is 9.10 Å². The molecule has 1 fully saturated rings. The zero-order valence-electron chi connectivity index (χ0n) is 18.7. The minimum atomic E-state index is -3.87. The van der Waals surface area contributed by atoms with Crippen molar-refractivity contribution >= 4 is 21.6 Å². The molecule has 0 bridgehead atoms. The van der Waals surface area contributed by atoms with Gasteiger partial charge in [0.2, 0.25) is 5.91 Å². The Kier molecular flexibility index (Phi) is 7.73. The average molecular weight is 444 g/mol. The maximum atomic E-state index is 13.4. The van der Waals surface area contributed by atoms with E-state index < -0.39 is 10.0 Å². The summed E-state index contributed by atoms with van der Waals surface area (Å²) in [5.74, 6) is 0.327. The van der Waals surface area contributed by atoms with Crippen molar-refractivity contribution in [1.82, 2.24) is 10.2 Å². The van der Waals surface area contributed by atoms with Gasteiger partial charge in [-0.1, -0.05) is 30.3 Å². The molecule has 0 aliphatic carbocycles. The molecule has 0 spiro atoms. The van der Waals surface area contributed by atoms with Gasteiger partial charge in [0, 0.05) is 6.54 Å². The van der Waals surface area contributed by atoms with E-state index in [9.17, 15) is 13.2 Å². The SMILES string of the molecule is Cc1cccc(N(CC(=O)NCCC2CCN(C)CC2)S(=O)(=O)c2ccccc2)c1C. The smallest absolute Gasteiger partial charge is 0.264 e. The molecule has 1 aliphatic heterocycles. The lowest BCUT2D eigenvalue weighted by molar-refractivity contribution is -0.119. The summed E-state index contributed by atoms with van der Waals surface area (Å²) >= 11 is 0. The third-order valence-corrected chi connectivity index (χ3v) is 7.95. The Bertz CT molecular complexity index is 984. The van der Waals surface area contributed by atoms with Crippen LogP contribution in [0, 0.1) is 19.8 Å². The minimum Gasteiger partial charge on any atom is -0.355 e. The van der Waals surface area contributed by atoms with Crippen molar-refractivity contribution in [3.05, 3.63) is 59.7 Å². The minimum absolute atomic E-state index is 0.176. The van der Waals surface area contributed by atoms with Crippen LogP contribution in [0.5, 0.6) is 0 Å². The molecule has 0 atom stereocenters. The summed E-state index contributed by atoms with van der Waals surface area (Å²) in [7, 11) is -1.74. The zero-order valence-corrected chi connectivity index (χ0v) is 19.5. The summed E-state index contributed by atoms with van der Waals surface area (Å²) in [6.07, 6.45) is 3.21. The van der Waals surface area contributed by atoms with Crippen LogP contribution in [0.25, 0.3) is 0 Å². The predicted molar refractivity (Wildman–Crippen MR) is 125 cm³/mol. The van der Waals surface area contributed by atoms with E-state index in [1.165, 1.54) is 4.31 Å². The molecule has 1 N–H and O–H groups in total. The molecule has 1 heterocycles. The molecule has 2 aromatic carbocycles. The zero-order chi connectivity index (χ0) is 22.4. The number of carbonyl (C=O) groups excluding carboxylic acids is 1. The molecule has 31 heavy (non-hydrogen) atoms. The van der Waals surface area contributed by atoms with Crippen LogP contribution in [-0.2, 0) is 14.8 Å². The topological polar surface area (TPSA) is 69.7 Å². The summed E-state index contributed by atoms with van der Waals surface area (Å²) < 4.78 is 28.1. The van der Waals surface area contributed by atoms with Crippen molar-refractivity contribution < 1.29 is 13.2 Å². The number of nitrogens with one attached hydrogen (secondary N) is 1. The van der Waals surface area contributed by atoms with Crippen LogP contribution >= 0.6 is 0 Å². The first kappa shape index (κ1) is 23.3. The second-order valence-electron chi connectivity index (χ2n) is 8.43. The second kappa shape index (κ2) is 10.3. The number of aryl methyl sites for hydroxylation is 1. The number of hydrogen-bond donors (Lipinski definition) is 1. The van der Waals surface area contributed by atoms with Gasteiger partial charge in [-0.15, -0.1) is 0 Å². The number of hydrogen-bond acceptors (Lipinski definition) is 4. The summed E-state index contributed by atoms with van der Waals surface area (Å²) in [5.41, 5.74) is 2.36. The number of nitrogens with zero attached hydrogens (tertiary/aromatic N) is 2. The standard InChI is InChI=1S/C24H33N3O3S/c1-19-8-7-11-23(20(19)2)27(31(29,30)22-9-5-4-6-10-22)18-24(28)25-15-12-21-13-16-26(3)17-14-21/h4-11,21H,12-18H2,1-3H3,(H,25,28). The predicted octanol–water partition coefficient (Wildman–Crippen LogP) is 3.35. The first-order chi connectivity index (χ1) is 14.8. The Morgan fingerprint density at radius 1 is 1.06 bits per heavy atom. The fourth-order valence-corrected chi connectivity index (χ4v) is 5.48. The average Bonchev–Trinajstić information content (AvgIpc) is 2.76. The number of carbonyl (C=O) groups is 1. The Labute approximate surface area is 186 Å². The number of rotatable bonds is 8. The fraction of sp³-hybridized carbons (Fsp3) is 0.458. The highest BCUT2D eigenvalue weighted by atomic mass is 32.2. The molecule has 2 aromatic rings. The maximum Gasteiger partial charge on any atom is 0.264 e. The van der Waals surface area contributed by atoms with E-state index in [4.69, 9.17) is 0 Å². The van der Waals surface area contributed by atoms with Gasteiger partial charge < -0.3 is 10.2 Å². The van der Waals surface area contributed by atoms with E-state index in [-0.39, 0.29) is 17.3 Å². The number of piperidine rings is 1. The Morgan fingerprint density at radius 2 is 1.74 bits per heavy atom. The van der Waals surface area contributed by atoms with Crippen LogP contribution in [0.2, 0.25) is 0 Å². The van der Waals surface area contributed by atoms with Crippen LogP contribution in [0.1, 0.15) is 30.4 Å². The maximum absolute atomic E-state index is 13.4. The van der Waals surface area contributed by atoms with E-state index in [0.29, 0.717) is 18.2 Å². The highest BCUT2D eigenvalue weighted by Crippen LogP contribution is 2.28. The summed E-state index contributed by atoms with van der Waals surface area (Å²) in [4.78, 5) is 15.3. The number of likely N-dealkylation sites (tertiary alicyclic amines) is 1. The Morgan fingerprint density at radius 3 is 2.42 bits per heavy atom. The van der Waals surface area contributed by atoms with Crippen LogP contribution < -0.4 is 9.62 Å². The normalized spacial score (nSPS) is 15.6. The van der Waals surface area contributed by atoms with Crippen LogP contribution in [0.15, 0.2) is 53.4 Å². The van der Waals surface area contributed by atoms with Gasteiger partial charge in [-0.05, 0) is 88.5 Å². The van der Waals surface area contributed by atoms with Crippen LogP contribution in [-0.4, -0.2) is 52.5 Å². The lowest BCUT2D eigenvalue weighted by Gasteiger charge is -2.29. The number of sulfonamides is 1. The lowest BCUT2D eigenvalue weighted by Crippen LogP contribution is -2.42. The third kappa shape index (κ3) is 5.86. The van der Waals surface area contributed by atoms with Gasteiger partial charge in [-0.25, -0.2) is 8.42 Å². The first-order valence-corrected chi connectivity index (χ1v) is 12.3. The number of benzene rings is 2. The first-order valence-electron chi connectivity index (χ1n) is 10.9. The molecule has 0 aromatic heterocycles. The van der Waals surface area contributed by atoms with Crippen LogP contribution in [0.3, 0.4) is 0 Å². The summed E-state index contributed by atoms with van der Waals surface area (Å²) in [5, 5.41) is 2.94. The van der Waals surface area contributed by atoms with E-state index >= 15 is 0 Å². The molecule has 7 heteroatoms. The fourth-order valence-electron chi connectivity index (χ4n) is 3.98. The lowest BCUT2D eigenvalue weighted by atomic mass is 9.94. The van der Waals surface area contributed by atoms with E-state index in [1.807, 2.05) is 26.0 Å². The highest BCUT2D eigenvalue weighted by Gasteiger charge is 2.28. The summed E-state index contributed by atoms with van der Waals surface area (Å²) in [6.45, 7) is 6.33. The number of anilines is 1. The third-order valence-electron chi connectivity index (χ3n) is 6.18. The summed E-state index contributed by atoms with van der Waals surface area (Å²) in [6, 6.07) is 13.8. The molecule has 0 radical (unpaired) electrons. The van der Waals surface area contributed by atoms with E-state index in [2.05, 4.69) is 17.3 Å². The van der Waals surface area contributed by atoms with Crippen LogP contribution in [0.4, 0.5) is 5.69 Å². The molecular formula is C24H33N3O3S. The quantitative estimate of drug-likeness (QED) is 0.679. The molecule has 168 valence electrons. The van der Waals surface area contributed by atoms with Crippen molar-refractivity contribution in [2.24, 2.45) is 5.92 Å². The molecule has 3 rings (SSSR count). The van der Waals surface area contributed by atoms with Gasteiger partial charge in [0.1, 0.15) is 6.54 Å². The molecule has 6 nitrogen and oxygen atoms in total. The molecule has 1 amide bonds. The molecule has 1 aliphatic rings. The van der Waals surface area contributed by atoms with Gasteiger partial charge in [0.15, 0.2) is 0 Å². The second-order valence-corrected chi connectivity index (χ2v) is 10.3. The van der Waals surface area contributed by atoms with Crippen molar-refractivity contribution in [3.8, 4) is 0 Å². The molecule has 0 unspecified atom stereocenters. The van der Waals surface area contributed by atoms with E-state index in [1.54, 1.807) is 36.4 Å². The Hall–Kier alpha value is -2.38. The van der Waals surface area contributed by atoms with Crippen molar-refractivity contribution in [1.29, 1.82) is 0 Å². The molecule has 0 saturated carbocycles. The molecule has 1 saturated heterocycles. The van der Waals surface area contributed by atoms with E-state index in [0.717, 1.165) is 43.5 Å². The van der Waals surface area contributed by atoms with Gasteiger partial charge in [0.25, 0.3) is 10.0 Å². The van der Waals surface area contributed by atoms with Crippen molar-refractivity contribution in [3.63, 3.8) is 0 Å². The number of amides is 1. The van der Waals surface area contributed by atoms with Gasteiger partial charge >= 0.3 is 0 Å². The highest BCUT2D eigenvalue weighted by molar-refractivity contribution is 7.92. The largest absolute Gasteiger partial charge is 0.355 e. The van der Waals surface area contributed by atoms with Crippen molar-refractivity contribution in [2.45, 2.75) is 38.0 Å². The van der Waals surface area contributed by atoms with Gasteiger partial charge in [0.05, 0.1) is 10.6 Å². The monoisotopic (exact) mass is 443 g/mol. The van der Waals surface area contributed by atoms with Gasteiger partial charge in [-0.2, -0.15) is 0 Å².